The van der Waals surface area contributed by atoms with Crippen LogP contribution in [0.5, 0.6) is 0 Å². The lowest BCUT2D eigenvalue weighted by Crippen LogP contribution is -2.37. The molecule has 110 valence electrons. The molecule has 4 heteroatoms. The minimum atomic E-state index is -0.0170. The molecule has 0 bridgehead atoms. The van der Waals surface area contributed by atoms with Crippen molar-refractivity contribution in [2.45, 2.75) is 40.0 Å². The number of benzene rings is 1. The average Bonchev–Trinajstić information content (AvgIpc) is 2.42. The van der Waals surface area contributed by atoms with Crippen molar-refractivity contribution in [2.75, 3.05) is 18.0 Å². The number of amides is 2. The van der Waals surface area contributed by atoms with Crippen LogP contribution in [-0.2, 0) is 9.59 Å². The molecule has 0 atom stereocenters. The molecule has 0 aliphatic rings. The molecule has 0 unspecified atom stereocenters. The van der Waals surface area contributed by atoms with E-state index in [0.29, 0.717) is 19.5 Å². The molecule has 0 spiro atoms. The van der Waals surface area contributed by atoms with E-state index >= 15 is 0 Å². The third-order valence-electron chi connectivity index (χ3n) is 3.14. The Bertz CT molecular complexity index is 440. The van der Waals surface area contributed by atoms with Crippen molar-refractivity contribution >= 4 is 17.5 Å². The summed E-state index contributed by atoms with van der Waals surface area (Å²) in [5.41, 5.74) is 2.02. The fraction of sp³-hybridized carbons (Fsp3) is 0.500. The molecule has 1 N–H and O–H groups in total. The highest BCUT2D eigenvalue weighted by atomic mass is 16.2. The van der Waals surface area contributed by atoms with Crippen LogP contribution in [0.4, 0.5) is 5.69 Å². The molecule has 0 radical (unpaired) electrons. The first-order chi connectivity index (χ1) is 9.54. The highest BCUT2D eigenvalue weighted by molar-refractivity contribution is 5.91. The zero-order valence-electron chi connectivity index (χ0n) is 12.6. The summed E-state index contributed by atoms with van der Waals surface area (Å²) in [6.07, 6.45) is 2.47. The van der Waals surface area contributed by atoms with E-state index in [2.05, 4.69) is 12.2 Å². The van der Waals surface area contributed by atoms with Gasteiger partial charge in [-0.25, -0.2) is 0 Å². The Balaban J connectivity index is 2.50. The number of anilines is 1. The number of hydrogen-bond donors (Lipinski definition) is 1. The van der Waals surface area contributed by atoms with Crippen LogP contribution in [0, 0.1) is 6.92 Å². The van der Waals surface area contributed by atoms with Gasteiger partial charge in [0.05, 0.1) is 0 Å². The summed E-state index contributed by atoms with van der Waals surface area (Å²) in [7, 11) is 0. The first-order valence-corrected chi connectivity index (χ1v) is 7.16. The maximum absolute atomic E-state index is 11.7. The normalized spacial score (nSPS) is 10.2. The molecule has 2 amide bonds. The van der Waals surface area contributed by atoms with E-state index in [9.17, 15) is 9.59 Å². The van der Waals surface area contributed by atoms with Gasteiger partial charge in [0, 0.05) is 32.1 Å². The Kier molecular flexibility index (Phi) is 6.77. The number of rotatable bonds is 7. The zero-order chi connectivity index (χ0) is 15.0. The molecule has 0 aliphatic heterocycles. The van der Waals surface area contributed by atoms with Crippen LogP contribution in [0.15, 0.2) is 24.3 Å². The molecule has 0 heterocycles. The number of carbonyl (C=O) groups excluding carboxylic acids is 2. The predicted octanol–water partition coefficient (Wildman–Crippen LogP) is 2.65. The van der Waals surface area contributed by atoms with Gasteiger partial charge in [-0.15, -0.1) is 0 Å². The second-order valence-electron chi connectivity index (χ2n) is 4.96. The number of carbonyl (C=O) groups is 2. The van der Waals surface area contributed by atoms with E-state index in [0.717, 1.165) is 24.1 Å². The van der Waals surface area contributed by atoms with E-state index in [-0.39, 0.29) is 11.8 Å². The van der Waals surface area contributed by atoms with Gasteiger partial charge in [-0.2, -0.15) is 0 Å². The summed E-state index contributed by atoms with van der Waals surface area (Å²) < 4.78 is 0. The van der Waals surface area contributed by atoms with E-state index in [4.69, 9.17) is 0 Å². The molecule has 1 rings (SSSR count). The lowest BCUT2D eigenvalue weighted by atomic mass is 10.2. The predicted molar refractivity (Wildman–Crippen MR) is 81.7 cm³/mol. The molecule has 0 aromatic heterocycles. The maximum atomic E-state index is 11.7. The lowest BCUT2D eigenvalue weighted by Gasteiger charge is -2.21. The van der Waals surface area contributed by atoms with E-state index in [1.165, 1.54) is 0 Å². The summed E-state index contributed by atoms with van der Waals surface area (Å²) >= 11 is 0. The molecule has 1 aromatic carbocycles. The molecular formula is C16H24N2O2. The first-order valence-electron chi connectivity index (χ1n) is 7.16. The van der Waals surface area contributed by atoms with Gasteiger partial charge < -0.3 is 10.2 Å². The van der Waals surface area contributed by atoms with Gasteiger partial charge in [-0.3, -0.25) is 9.59 Å². The van der Waals surface area contributed by atoms with E-state index in [1.807, 2.05) is 31.2 Å². The van der Waals surface area contributed by atoms with Crippen molar-refractivity contribution in [2.24, 2.45) is 0 Å². The molecule has 0 aliphatic carbocycles. The average molecular weight is 276 g/mol. The number of hydrogen-bond acceptors (Lipinski definition) is 2. The standard InChI is InChI=1S/C16H24N2O2/c1-4-5-6-16(20)17-11-12-18(14(3)19)15-9-7-13(2)8-10-15/h7-10H,4-6,11-12H2,1-3H3,(H,17,20). The minimum absolute atomic E-state index is 0.0170. The molecule has 1 aromatic rings. The van der Waals surface area contributed by atoms with Gasteiger partial charge in [0.1, 0.15) is 0 Å². The quantitative estimate of drug-likeness (QED) is 0.832. The van der Waals surface area contributed by atoms with E-state index < -0.39 is 0 Å². The van der Waals surface area contributed by atoms with Gasteiger partial charge >= 0.3 is 0 Å². The Labute approximate surface area is 121 Å². The zero-order valence-corrected chi connectivity index (χ0v) is 12.6. The van der Waals surface area contributed by atoms with Crippen molar-refractivity contribution in [3.63, 3.8) is 0 Å². The monoisotopic (exact) mass is 276 g/mol. The lowest BCUT2D eigenvalue weighted by molar-refractivity contribution is -0.121. The smallest absolute Gasteiger partial charge is 0.223 e. The third kappa shape index (κ3) is 5.43. The van der Waals surface area contributed by atoms with Gasteiger partial charge in [0.25, 0.3) is 0 Å². The molecule has 0 fully saturated rings. The first kappa shape index (κ1) is 16.2. The Hall–Kier alpha value is -1.84. The van der Waals surface area contributed by atoms with E-state index in [1.54, 1.807) is 11.8 Å². The van der Waals surface area contributed by atoms with Gasteiger partial charge in [-0.1, -0.05) is 31.0 Å². The summed E-state index contributed by atoms with van der Waals surface area (Å²) in [5.74, 6) is 0.0379. The highest BCUT2D eigenvalue weighted by Crippen LogP contribution is 2.14. The van der Waals surface area contributed by atoms with Crippen LogP contribution < -0.4 is 10.2 Å². The second-order valence-corrected chi connectivity index (χ2v) is 4.96. The van der Waals surface area contributed by atoms with Gasteiger partial charge in [0.2, 0.25) is 11.8 Å². The molecule has 0 saturated heterocycles. The van der Waals surface area contributed by atoms with Crippen molar-refractivity contribution in [3.8, 4) is 0 Å². The molecule has 20 heavy (non-hydrogen) atoms. The topological polar surface area (TPSA) is 49.4 Å². The second kappa shape index (κ2) is 8.35. The maximum Gasteiger partial charge on any atom is 0.223 e. The van der Waals surface area contributed by atoms with Crippen molar-refractivity contribution < 1.29 is 9.59 Å². The Morgan fingerprint density at radius 1 is 1.20 bits per heavy atom. The van der Waals surface area contributed by atoms with Gasteiger partial charge in [-0.05, 0) is 25.5 Å². The van der Waals surface area contributed by atoms with Crippen LogP contribution in [-0.4, -0.2) is 24.9 Å². The fourth-order valence-electron chi connectivity index (χ4n) is 1.93. The highest BCUT2D eigenvalue weighted by Gasteiger charge is 2.11. The van der Waals surface area contributed by atoms with Crippen molar-refractivity contribution in [3.05, 3.63) is 29.8 Å². The van der Waals surface area contributed by atoms with Crippen LogP contribution in [0.2, 0.25) is 0 Å². The van der Waals surface area contributed by atoms with Gasteiger partial charge in [0.15, 0.2) is 0 Å². The fourth-order valence-corrected chi connectivity index (χ4v) is 1.93. The summed E-state index contributed by atoms with van der Waals surface area (Å²) in [5, 5.41) is 2.85. The Morgan fingerprint density at radius 2 is 1.85 bits per heavy atom. The third-order valence-corrected chi connectivity index (χ3v) is 3.14. The molecular weight excluding hydrogens is 252 g/mol. The summed E-state index contributed by atoms with van der Waals surface area (Å²) in [6.45, 7) is 6.59. The Morgan fingerprint density at radius 3 is 2.40 bits per heavy atom. The largest absolute Gasteiger partial charge is 0.354 e. The number of aryl methyl sites for hydroxylation is 1. The number of unbranched alkanes of at least 4 members (excludes halogenated alkanes) is 1. The van der Waals surface area contributed by atoms with Crippen LogP contribution in [0.3, 0.4) is 0 Å². The summed E-state index contributed by atoms with van der Waals surface area (Å²) in [4.78, 5) is 24.9. The van der Waals surface area contributed by atoms with Crippen molar-refractivity contribution in [1.82, 2.24) is 5.32 Å². The van der Waals surface area contributed by atoms with Crippen LogP contribution in [0.25, 0.3) is 0 Å². The molecule has 0 saturated carbocycles. The molecule has 4 nitrogen and oxygen atoms in total. The minimum Gasteiger partial charge on any atom is -0.354 e. The number of nitrogens with zero attached hydrogens (tertiary/aromatic N) is 1. The van der Waals surface area contributed by atoms with Crippen molar-refractivity contribution in [1.29, 1.82) is 0 Å². The SMILES string of the molecule is CCCCC(=O)NCCN(C(C)=O)c1ccc(C)cc1. The number of nitrogens with one attached hydrogen (secondary N) is 1. The van der Waals surface area contributed by atoms with Crippen LogP contribution in [0.1, 0.15) is 38.7 Å². The summed E-state index contributed by atoms with van der Waals surface area (Å²) in [6, 6.07) is 7.81. The van der Waals surface area contributed by atoms with Crippen LogP contribution >= 0.6 is 0 Å².